The molecule has 0 saturated carbocycles. The van der Waals surface area contributed by atoms with Gasteiger partial charge in [-0.25, -0.2) is 0 Å². The monoisotopic (exact) mass is 265 g/mol. The van der Waals surface area contributed by atoms with Gasteiger partial charge >= 0.3 is 0 Å². The molecular weight excluding hydrogens is 246 g/mol. The molecule has 5 nitrogen and oxygen atoms in total. The number of ether oxygens (including phenoxy) is 4. The van der Waals surface area contributed by atoms with E-state index in [0.717, 1.165) is 31.7 Å². The molecule has 1 aromatic rings. The third kappa shape index (κ3) is 2.42. The largest absolute Gasteiger partial charge is 0.493 e. The Morgan fingerprint density at radius 2 is 1.74 bits per heavy atom. The summed E-state index contributed by atoms with van der Waals surface area (Å²) in [4.78, 5) is 0. The van der Waals surface area contributed by atoms with Crippen molar-refractivity contribution in [3.8, 4) is 23.0 Å². The van der Waals surface area contributed by atoms with E-state index < -0.39 is 0 Å². The molecule has 3 rings (SSSR count). The fraction of sp³-hybridized carbons (Fsp3) is 0.571. The van der Waals surface area contributed by atoms with Gasteiger partial charge in [0.15, 0.2) is 23.0 Å². The van der Waals surface area contributed by atoms with E-state index in [1.807, 2.05) is 12.1 Å². The van der Waals surface area contributed by atoms with Crippen molar-refractivity contribution in [3.05, 3.63) is 12.1 Å². The van der Waals surface area contributed by atoms with Gasteiger partial charge in [-0.2, -0.15) is 0 Å². The molecular formula is C14H19NO4. The zero-order valence-corrected chi connectivity index (χ0v) is 11.3. The second-order valence-corrected chi connectivity index (χ2v) is 5.16. The maximum absolute atomic E-state index is 6.19. The van der Waals surface area contributed by atoms with Crippen LogP contribution in [0.4, 0.5) is 0 Å². The van der Waals surface area contributed by atoms with Crippen LogP contribution in [0.1, 0.15) is 19.8 Å². The van der Waals surface area contributed by atoms with Gasteiger partial charge in [-0.05, 0) is 32.9 Å². The van der Waals surface area contributed by atoms with Crippen LogP contribution in [0, 0.1) is 0 Å². The first-order chi connectivity index (χ1) is 9.20. The van der Waals surface area contributed by atoms with Gasteiger partial charge in [0, 0.05) is 12.1 Å². The molecule has 1 saturated heterocycles. The molecule has 0 spiro atoms. The van der Waals surface area contributed by atoms with Gasteiger partial charge in [-0.3, -0.25) is 0 Å². The second kappa shape index (κ2) is 4.81. The highest BCUT2D eigenvalue weighted by Crippen LogP contribution is 2.43. The van der Waals surface area contributed by atoms with Crippen molar-refractivity contribution < 1.29 is 18.9 Å². The van der Waals surface area contributed by atoms with E-state index in [2.05, 4.69) is 12.2 Å². The van der Waals surface area contributed by atoms with E-state index in [9.17, 15) is 0 Å². The zero-order chi connectivity index (χ0) is 13.3. The number of piperidine rings is 1. The number of methoxy groups -OCH3 is 1. The van der Waals surface area contributed by atoms with Crippen molar-refractivity contribution >= 4 is 0 Å². The maximum Gasteiger partial charge on any atom is 0.231 e. The van der Waals surface area contributed by atoms with Gasteiger partial charge in [0.05, 0.1) is 7.11 Å². The fourth-order valence-electron chi connectivity index (χ4n) is 2.47. The number of nitrogens with one attached hydrogen (secondary N) is 1. The average molecular weight is 265 g/mol. The number of rotatable bonds is 3. The van der Waals surface area contributed by atoms with Gasteiger partial charge in [-0.15, -0.1) is 0 Å². The lowest BCUT2D eigenvalue weighted by Gasteiger charge is -2.35. The van der Waals surface area contributed by atoms with E-state index in [0.29, 0.717) is 17.2 Å². The Hall–Kier alpha value is -1.62. The van der Waals surface area contributed by atoms with Crippen molar-refractivity contribution in [2.45, 2.75) is 25.4 Å². The first kappa shape index (κ1) is 12.4. The Morgan fingerprint density at radius 1 is 1.11 bits per heavy atom. The summed E-state index contributed by atoms with van der Waals surface area (Å²) in [5.74, 6) is 2.83. The standard InChI is InChI=1S/C14H19NO4/c1-14(3-5-15-6-4-14)19-13-8-12-11(17-9-18-12)7-10(13)16-2/h7-8,15H,3-6,9H2,1-2H3. The van der Waals surface area contributed by atoms with Crippen molar-refractivity contribution in [3.63, 3.8) is 0 Å². The van der Waals surface area contributed by atoms with Gasteiger partial charge in [0.2, 0.25) is 6.79 Å². The third-order valence-corrected chi connectivity index (χ3v) is 3.68. The highest BCUT2D eigenvalue weighted by molar-refractivity contribution is 5.55. The van der Waals surface area contributed by atoms with Crippen molar-refractivity contribution in [1.82, 2.24) is 5.32 Å². The molecule has 1 aromatic carbocycles. The molecule has 0 radical (unpaired) electrons. The van der Waals surface area contributed by atoms with Crippen LogP contribution in [0.2, 0.25) is 0 Å². The zero-order valence-electron chi connectivity index (χ0n) is 11.3. The number of hydrogen-bond donors (Lipinski definition) is 1. The van der Waals surface area contributed by atoms with Crippen LogP contribution in [0.25, 0.3) is 0 Å². The molecule has 0 unspecified atom stereocenters. The van der Waals surface area contributed by atoms with E-state index in [1.54, 1.807) is 7.11 Å². The predicted molar refractivity (Wildman–Crippen MR) is 70.3 cm³/mol. The summed E-state index contributed by atoms with van der Waals surface area (Å²) in [6.07, 6.45) is 1.95. The summed E-state index contributed by atoms with van der Waals surface area (Å²) in [6, 6.07) is 3.68. The predicted octanol–water partition coefficient (Wildman–Crippen LogP) is 1.94. The Kier molecular flexibility index (Phi) is 3.14. The van der Waals surface area contributed by atoms with E-state index in [4.69, 9.17) is 18.9 Å². The minimum atomic E-state index is -0.160. The lowest BCUT2D eigenvalue weighted by atomic mass is 9.94. The van der Waals surface area contributed by atoms with E-state index in [-0.39, 0.29) is 12.4 Å². The molecule has 0 aromatic heterocycles. The van der Waals surface area contributed by atoms with Crippen molar-refractivity contribution in [2.24, 2.45) is 0 Å². The molecule has 1 fully saturated rings. The first-order valence-electron chi connectivity index (χ1n) is 6.58. The van der Waals surface area contributed by atoms with Crippen LogP contribution >= 0.6 is 0 Å². The Labute approximate surface area is 112 Å². The first-order valence-corrected chi connectivity index (χ1v) is 6.58. The SMILES string of the molecule is COc1cc2c(cc1OC1(C)CCNCC1)OCO2. The Morgan fingerprint density at radius 3 is 2.37 bits per heavy atom. The Bertz CT molecular complexity index is 469. The minimum Gasteiger partial charge on any atom is -0.493 e. The lowest BCUT2D eigenvalue weighted by Crippen LogP contribution is -2.43. The molecule has 1 N–H and O–H groups in total. The Balaban J connectivity index is 1.87. The summed E-state index contributed by atoms with van der Waals surface area (Å²) in [5.41, 5.74) is -0.160. The van der Waals surface area contributed by atoms with E-state index in [1.165, 1.54) is 0 Å². The van der Waals surface area contributed by atoms with Crippen LogP contribution in [-0.2, 0) is 0 Å². The third-order valence-electron chi connectivity index (χ3n) is 3.68. The number of benzene rings is 1. The van der Waals surface area contributed by atoms with Gasteiger partial charge < -0.3 is 24.3 Å². The fourth-order valence-corrected chi connectivity index (χ4v) is 2.47. The number of hydrogen-bond acceptors (Lipinski definition) is 5. The number of fused-ring (bicyclic) bond motifs is 1. The van der Waals surface area contributed by atoms with Crippen molar-refractivity contribution in [2.75, 3.05) is 27.0 Å². The molecule has 104 valence electrons. The summed E-state index contributed by atoms with van der Waals surface area (Å²) in [5, 5.41) is 3.34. The molecule has 2 heterocycles. The molecule has 5 heteroatoms. The molecule has 0 atom stereocenters. The molecule has 2 aliphatic rings. The van der Waals surface area contributed by atoms with Crippen LogP contribution < -0.4 is 24.3 Å². The van der Waals surface area contributed by atoms with Crippen molar-refractivity contribution in [1.29, 1.82) is 0 Å². The smallest absolute Gasteiger partial charge is 0.231 e. The summed E-state index contributed by atoms with van der Waals surface area (Å²) >= 11 is 0. The van der Waals surface area contributed by atoms with Crippen LogP contribution in [-0.4, -0.2) is 32.6 Å². The highest BCUT2D eigenvalue weighted by Gasteiger charge is 2.30. The topological polar surface area (TPSA) is 49.0 Å². The second-order valence-electron chi connectivity index (χ2n) is 5.16. The molecule has 19 heavy (non-hydrogen) atoms. The maximum atomic E-state index is 6.19. The van der Waals surface area contributed by atoms with Gasteiger partial charge in [-0.1, -0.05) is 0 Å². The molecule has 2 aliphatic heterocycles. The summed E-state index contributed by atoms with van der Waals surface area (Å²) < 4.78 is 22.3. The van der Waals surface area contributed by atoms with Gasteiger partial charge in [0.25, 0.3) is 0 Å². The van der Waals surface area contributed by atoms with Crippen LogP contribution in [0.5, 0.6) is 23.0 Å². The highest BCUT2D eigenvalue weighted by atomic mass is 16.7. The normalized spacial score (nSPS) is 20.1. The van der Waals surface area contributed by atoms with E-state index >= 15 is 0 Å². The summed E-state index contributed by atoms with van der Waals surface area (Å²) in [6.45, 7) is 4.34. The van der Waals surface area contributed by atoms with Gasteiger partial charge in [0.1, 0.15) is 5.60 Å². The molecule has 0 amide bonds. The van der Waals surface area contributed by atoms with Crippen LogP contribution in [0.3, 0.4) is 0 Å². The minimum absolute atomic E-state index is 0.160. The average Bonchev–Trinajstić information content (AvgIpc) is 2.85. The molecule has 0 bridgehead atoms. The van der Waals surface area contributed by atoms with Crippen LogP contribution in [0.15, 0.2) is 12.1 Å². The quantitative estimate of drug-likeness (QED) is 0.905. The lowest BCUT2D eigenvalue weighted by molar-refractivity contribution is 0.0525. The molecule has 0 aliphatic carbocycles. The summed E-state index contributed by atoms with van der Waals surface area (Å²) in [7, 11) is 1.63.